The van der Waals surface area contributed by atoms with Crippen molar-refractivity contribution < 1.29 is 9.90 Å². The first-order chi connectivity index (χ1) is 7.08. The Morgan fingerprint density at radius 2 is 2.13 bits per heavy atom. The number of benzene rings is 1. The van der Waals surface area contributed by atoms with E-state index in [9.17, 15) is 4.79 Å². The average Bonchev–Trinajstić information content (AvgIpc) is 2.91. The van der Waals surface area contributed by atoms with E-state index in [1.54, 1.807) is 0 Å². The van der Waals surface area contributed by atoms with Gasteiger partial charge in [0.15, 0.2) is 0 Å². The van der Waals surface area contributed by atoms with Crippen LogP contribution in [0.25, 0.3) is 0 Å². The van der Waals surface area contributed by atoms with Crippen LogP contribution in [0.2, 0.25) is 0 Å². The van der Waals surface area contributed by atoms with E-state index in [1.165, 1.54) is 16.7 Å². The Kier molecular flexibility index (Phi) is 2.51. The van der Waals surface area contributed by atoms with Gasteiger partial charge in [-0.3, -0.25) is 4.79 Å². The van der Waals surface area contributed by atoms with Crippen LogP contribution >= 0.6 is 0 Å². The lowest BCUT2D eigenvalue weighted by Crippen LogP contribution is -2.01. The van der Waals surface area contributed by atoms with Crippen LogP contribution in [0.1, 0.15) is 23.1 Å². The highest BCUT2D eigenvalue weighted by atomic mass is 16.4. The van der Waals surface area contributed by atoms with Gasteiger partial charge in [-0.1, -0.05) is 18.2 Å². The molecule has 0 bridgehead atoms. The molecule has 2 nitrogen and oxygen atoms in total. The van der Waals surface area contributed by atoms with Gasteiger partial charge in [0.1, 0.15) is 0 Å². The van der Waals surface area contributed by atoms with Crippen LogP contribution in [0.15, 0.2) is 18.2 Å². The van der Waals surface area contributed by atoms with Gasteiger partial charge in [0.25, 0.3) is 0 Å². The Hall–Kier alpha value is -1.31. The summed E-state index contributed by atoms with van der Waals surface area (Å²) in [5, 5.41) is 8.80. The summed E-state index contributed by atoms with van der Waals surface area (Å²) in [4.78, 5) is 10.7. The maximum Gasteiger partial charge on any atom is 0.306 e. The Labute approximate surface area is 89.9 Å². The average molecular weight is 204 g/mol. The van der Waals surface area contributed by atoms with Crippen LogP contribution in [0.4, 0.5) is 0 Å². The Bertz CT molecular complexity index is 396. The summed E-state index contributed by atoms with van der Waals surface area (Å²) in [7, 11) is 0. The maximum absolute atomic E-state index is 10.7. The van der Waals surface area contributed by atoms with Gasteiger partial charge < -0.3 is 5.11 Å². The van der Waals surface area contributed by atoms with Crippen LogP contribution in [0.5, 0.6) is 0 Å². The standard InChI is InChI=1S/C13H16O2/c1-8-3-4-10(5-9(8)2)6-11-7-12(11)13(14)15/h3-5,11-12H,6-7H2,1-2H3,(H,14,15)/t11-,12+/m1/s1. The highest BCUT2D eigenvalue weighted by Crippen LogP contribution is 2.41. The molecule has 0 aliphatic heterocycles. The van der Waals surface area contributed by atoms with E-state index >= 15 is 0 Å². The first-order valence-electron chi connectivity index (χ1n) is 5.37. The summed E-state index contributed by atoms with van der Waals surface area (Å²) in [6.45, 7) is 4.19. The normalized spacial score (nSPS) is 23.9. The molecule has 2 rings (SSSR count). The predicted molar refractivity (Wildman–Crippen MR) is 58.9 cm³/mol. The monoisotopic (exact) mass is 204 g/mol. The van der Waals surface area contributed by atoms with Gasteiger partial charge in [-0.2, -0.15) is 0 Å². The summed E-state index contributed by atoms with van der Waals surface area (Å²) in [5.41, 5.74) is 3.86. The summed E-state index contributed by atoms with van der Waals surface area (Å²) >= 11 is 0. The molecule has 0 amide bonds. The number of aliphatic carboxylic acids is 1. The second kappa shape index (κ2) is 3.69. The molecule has 0 radical (unpaired) electrons. The molecule has 1 saturated carbocycles. The van der Waals surface area contributed by atoms with E-state index < -0.39 is 5.97 Å². The van der Waals surface area contributed by atoms with Crippen LogP contribution in [-0.2, 0) is 11.2 Å². The molecular formula is C13H16O2. The van der Waals surface area contributed by atoms with Gasteiger partial charge in [0.2, 0.25) is 0 Å². The second-order valence-electron chi connectivity index (χ2n) is 4.56. The van der Waals surface area contributed by atoms with Crippen molar-refractivity contribution in [3.8, 4) is 0 Å². The number of rotatable bonds is 3. The van der Waals surface area contributed by atoms with Gasteiger partial charge in [-0.05, 0) is 49.3 Å². The third-order valence-corrected chi connectivity index (χ3v) is 3.31. The molecule has 1 aromatic carbocycles. The van der Waals surface area contributed by atoms with Crippen molar-refractivity contribution in [3.05, 3.63) is 34.9 Å². The van der Waals surface area contributed by atoms with Gasteiger partial charge >= 0.3 is 5.97 Å². The number of aryl methyl sites for hydroxylation is 2. The van der Waals surface area contributed by atoms with Gasteiger partial charge in [0.05, 0.1) is 5.92 Å². The first kappa shape index (κ1) is 10.2. The molecule has 0 saturated heterocycles. The fourth-order valence-corrected chi connectivity index (χ4v) is 2.01. The van der Waals surface area contributed by atoms with Crippen molar-refractivity contribution in [2.45, 2.75) is 26.7 Å². The first-order valence-corrected chi connectivity index (χ1v) is 5.37. The highest BCUT2D eigenvalue weighted by Gasteiger charge is 2.42. The molecule has 1 fully saturated rings. The summed E-state index contributed by atoms with van der Waals surface area (Å²) in [6, 6.07) is 6.40. The number of carbonyl (C=O) groups is 1. The van der Waals surface area contributed by atoms with Crippen molar-refractivity contribution in [2.75, 3.05) is 0 Å². The molecule has 80 valence electrons. The number of hydrogen-bond donors (Lipinski definition) is 1. The fraction of sp³-hybridized carbons (Fsp3) is 0.462. The van der Waals surface area contributed by atoms with Crippen molar-refractivity contribution in [3.63, 3.8) is 0 Å². The lowest BCUT2D eigenvalue weighted by Gasteiger charge is -2.04. The molecule has 0 aromatic heterocycles. The molecule has 2 atom stereocenters. The zero-order valence-corrected chi connectivity index (χ0v) is 9.16. The maximum atomic E-state index is 10.7. The van der Waals surface area contributed by atoms with Crippen molar-refractivity contribution in [1.29, 1.82) is 0 Å². The van der Waals surface area contributed by atoms with Crippen molar-refractivity contribution in [1.82, 2.24) is 0 Å². The Morgan fingerprint density at radius 1 is 1.40 bits per heavy atom. The van der Waals surface area contributed by atoms with Crippen molar-refractivity contribution >= 4 is 5.97 Å². The van der Waals surface area contributed by atoms with E-state index in [4.69, 9.17) is 5.11 Å². The third-order valence-electron chi connectivity index (χ3n) is 3.31. The van der Waals surface area contributed by atoms with E-state index in [0.717, 1.165) is 12.8 Å². The van der Waals surface area contributed by atoms with Gasteiger partial charge in [-0.25, -0.2) is 0 Å². The van der Waals surface area contributed by atoms with Crippen LogP contribution in [-0.4, -0.2) is 11.1 Å². The largest absolute Gasteiger partial charge is 0.481 e. The molecule has 0 heterocycles. The summed E-state index contributed by atoms with van der Waals surface area (Å²) < 4.78 is 0. The molecule has 1 aromatic rings. The minimum atomic E-state index is -0.635. The smallest absolute Gasteiger partial charge is 0.306 e. The zero-order chi connectivity index (χ0) is 11.0. The number of hydrogen-bond acceptors (Lipinski definition) is 1. The van der Waals surface area contributed by atoms with E-state index in [-0.39, 0.29) is 5.92 Å². The SMILES string of the molecule is Cc1ccc(C[C@@H]2C[C@@H]2C(=O)O)cc1C. The van der Waals surface area contributed by atoms with Crippen LogP contribution < -0.4 is 0 Å². The van der Waals surface area contributed by atoms with Crippen LogP contribution in [0, 0.1) is 25.7 Å². The molecule has 1 aliphatic carbocycles. The lowest BCUT2D eigenvalue weighted by atomic mass is 10.0. The molecule has 1 aliphatic rings. The second-order valence-corrected chi connectivity index (χ2v) is 4.56. The molecule has 15 heavy (non-hydrogen) atoms. The Morgan fingerprint density at radius 3 is 2.67 bits per heavy atom. The fourth-order valence-electron chi connectivity index (χ4n) is 2.01. The molecular weight excluding hydrogens is 188 g/mol. The quantitative estimate of drug-likeness (QED) is 0.821. The molecule has 2 heteroatoms. The van der Waals surface area contributed by atoms with Gasteiger partial charge in [0, 0.05) is 0 Å². The number of carboxylic acid groups (broad SMARTS) is 1. The minimum absolute atomic E-state index is 0.0911. The topological polar surface area (TPSA) is 37.3 Å². The summed E-state index contributed by atoms with van der Waals surface area (Å²) in [5.74, 6) is -0.361. The minimum Gasteiger partial charge on any atom is -0.481 e. The molecule has 0 unspecified atom stereocenters. The van der Waals surface area contributed by atoms with E-state index in [2.05, 4.69) is 32.0 Å². The predicted octanol–water partition coefficient (Wildman–Crippen LogP) is 2.57. The van der Waals surface area contributed by atoms with E-state index in [0.29, 0.717) is 5.92 Å². The lowest BCUT2D eigenvalue weighted by molar-refractivity contribution is -0.138. The van der Waals surface area contributed by atoms with E-state index in [1.807, 2.05) is 0 Å². The molecule has 0 spiro atoms. The number of carboxylic acids is 1. The molecule has 1 N–H and O–H groups in total. The third kappa shape index (κ3) is 2.20. The zero-order valence-electron chi connectivity index (χ0n) is 9.16. The van der Waals surface area contributed by atoms with Crippen molar-refractivity contribution in [2.24, 2.45) is 11.8 Å². The van der Waals surface area contributed by atoms with Crippen LogP contribution in [0.3, 0.4) is 0 Å². The van der Waals surface area contributed by atoms with Gasteiger partial charge in [-0.15, -0.1) is 0 Å². The Balaban J connectivity index is 2.01. The highest BCUT2D eigenvalue weighted by molar-refractivity contribution is 5.73. The summed E-state index contributed by atoms with van der Waals surface area (Å²) in [6.07, 6.45) is 1.76.